The second kappa shape index (κ2) is 8.58. The lowest BCUT2D eigenvalue weighted by Crippen LogP contribution is -2.21. The molecule has 3 rings (SSSR count). The van der Waals surface area contributed by atoms with E-state index in [2.05, 4.69) is 9.97 Å². The van der Waals surface area contributed by atoms with Gasteiger partial charge in [0.2, 0.25) is 0 Å². The standard InChI is InChI=1S/C19H20F2N2O2S/c20-13-7-8-16(21)12(10-13)11-14(24)4-3-9-26-19-22-17-6-2-1-5-15(17)18(25)23-19/h7-8,10H,1-6,9,11H2,(H,22,23,25). The Kier molecular flexibility index (Phi) is 6.19. The highest BCUT2D eigenvalue weighted by Gasteiger charge is 2.15. The molecule has 4 nitrogen and oxygen atoms in total. The van der Waals surface area contributed by atoms with E-state index in [1.54, 1.807) is 0 Å². The minimum absolute atomic E-state index is 0.0603. The van der Waals surface area contributed by atoms with Gasteiger partial charge in [0, 0.05) is 24.2 Å². The number of fused-ring (bicyclic) bond motifs is 1. The van der Waals surface area contributed by atoms with Crippen LogP contribution in [0.4, 0.5) is 8.78 Å². The minimum Gasteiger partial charge on any atom is -0.301 e. The van der Waals surface area contributed by atoms with Crippen LogP contribution in [0.3, 0.4) is 0 Å². The fourth-order valence-corrected chi connectivity index (χ4v) is 3.89. The van der Waals surface area contributed by atoms with E-state index in [9.17, 15) is 18.4 Å². The van der Waals surface area contributed by atoms with Gasteiger partial charge in [-0.3, -0.25) is 9.59 Å². The molecule has 7 heteroatoms. The van der Waals surface area contributed by atoms with Crippen LogP contribution in [0.25, 0.3) is 0 Å². The quantitative estimate of drug-likeness (QED) is 0.454. The van der Waals surface area contributed by atoms with Crippen LogP contribution in [0.1, 0.15) is 42.5 Å². The topological polar surface area (TPSA) is 62.8 Å². The summed E-state index contributed by atoms with van der Waals surface area (Å²) in [5, 5.41) is 0.583. The minimum atomic E-state index is -0.565. The zero-order chi connectivity index (χ0) is 18.5. The normalized spacial score (nSPS) is 13.5. The summed E-state index contributed by atoms with van der Waals surface area (Å²) in [7, 11) is 0. The van der Waals surface area contributed by atoms with E-state index in [1.165, 1.54) is 11.8 Å². The number of carbonyl (C=O) groups excluding carboxylic acids is 1. The molecular formula is C19H20F2N2O2S. The van der Waals surface area contributed by atoms with Gasteiger partial charge in [-0.15, -0.1) is 0 Å². The summed E-state index contributed by atoms with van der Waals surface area (Å²) >= 11 is 1.41. The number of H-pyrrole nitrogens is 1. The van der Waals surface area contributed by atoms with E-state index >= 15 is 0 Å². The molecule has 0 unspecified atom stereocenters. The molecule has 0 saturated carbocycles. The molecule has 1 aromatic heterocycles. The number of benzene rings is 1. The highest BCUT2D eigenvalue weighted by molar-refractivity contribution is 7.99. The maximum Gasteiger partial charge on any atom is 0.254 e. The molecule has 0 amide bonds. The van der Waals surface area contributed by atoms with Crippen molar-refractivity contribution in [1.29, 1.82) is 0 Å². The van der Waals surface area contributed by atoms with Crippen molar-refractivity contribution in [3.05, 3.63) is 57.0 Å². The average molecular weight is 378 g/mol. The number of rotatable bonds is 7. The summed E-state index contributed by atoms with van der Waals surface area (Å²) in [5.41, 5.74) is 1.71. The molecule has 0 saturated heterocycles. The second-order valence-corrected chi connectivity index (χ2v) is 7.49. The number of nitrogens with zero attached hydrogens (tertiary/aromatic N) is 1. The summed E-state index contributed by atoms with van der Waals surface area (Å²) in [6.07, 6.45) is 4.46. The van der Waals surface area contributed by atoms with Crippen LogP contribution >= 0.6 is 11.8 Å². The number of aryl methyl sites for hydroxylation is 1. The Morgan fingerprint density at radius 2 is 2.04 bits per heavy atom. The van der Waals surface area contributed by atoms with Gasteiger partial charge in [-0.1, -0.05) is 11.8 Å². The monoisotopic (exact) mass is 378 g/mol. The van der Waals surface area contributed by atoms with E-state index in [4.69, 9.17) is 0 Å². The Labute approximate surface area is 154 Å². The Morgan fingerprint density at radius 3 is 2.88 bits per heavy atom. The summed E-state index contributed by atoms with van der Waals surface area (Å²) in [4.78, 5) is 31.3. The average Bonchev–Trinajstić information content (AvgIpc) is 2.62. The van der Waals surface area contributed by atoms with Crippen LogP contribution in [-0.4, -0.2) is 21.5 Å². The number of ketones is 1. The molecular weight excluding hydrogens is 358 g/mol. The van der Waals surface area contributed by atoms with E-state index < -0.39 is 11.6 Å². The van der Waals surface area contributed by atoms with Gasteiger partial charge in [-0.2, -0.15) is 0 Å². The van der Waals surface area contributed by atoms with E-state index in [1.807, 2.05) is 0 Å². The molecule has 1 aliphatic carbocycles. The van der Waals surface area contributed by atoms with Crippen molar-refractivity contribution in [2.75, 3.05) is 5.75 Å². The molecule has 1 aromatic carbocycles. The fourth-order valence-electron chi connectivity index (χ4n) is 3.07. The Morgan fingerprint density at radius 1 is 1.23 bits per heavy atom. The van der Waals surface area contributed by atoms with Crippen LogP contribution in [0.2, 0.25) is 0 Å². The summed E-state index contributed by atoms with van der Waals surface area (Å²) in [6, 6.07) is 3.13. The molecule has 1 aliphatic rings. The predicted molar refractivity (Wildman–Crippen MR) is 96.5 cm³/mol. The van der Waals surface area contributed by atoms with Crippen molar-refractivity contribution >= 4 is 17.5 Å². The van der Waals surface area contributed by atoms with Crippen LogP contribution in [-0.2, 0) is 24.1 Å². The Hall–Kier alpha value is -2.02. The second-order valence-electron chi connectivity index (χ2n) is 6.41. The molecule has 26 heavy (non-hydrogen) atoms. The molecule has 2 aromatic rings. The van der Waals surface area contributed by atoms with Gasteiger partial charge in [0.1, 0.15) is 17.4 Å². The number of Topliss-reactive ketones (excluding diaryl/α,β-unsaturated/α-hetero) is 1. The summed E-state index contributed by atoms with van der Waals surface area (Å²) in [6.45, 7) is 0. The largest absolute Gasteiger partial charge is 0.301 e. The molecule has 138 valence electrons. The van der Waals surface area contributed by atoms with Gasteiger partial charge in [-0.25, -0.2) is 13.8 Å². The van der Waals surface area contributed by atoms with Gasteiger partial charge in [0.15, 0.2) is 5.16 Å². The summed E-state index contributed by atoms with van der Waals surface area (Å²) in [5.74, 6) is -0.627. The molecule has 0 aliphatic heterocycles. The zero-order valence-corrected chi connectivity index (χ0v) is 15.1. The predicted octanol–water partition coefficient (Wildman–Crippen LogP) is 3.61. The molecule has 0 bridgehead atoms. The first-order valence-electron chi connectivity index (χ1n) is 8.73. The number of carbonyl (C=O) groups is 1. The first-order chi connectivity index (χ1) is 12.5. The molecule has 1 heterocycles. The van der Waals surface area contributed by atoms with Crippen molar-refractivity contribution in [2.45, 2.75) is 50.1 Å². The fraction of sp³-hybridized carbons (Fsp3) is 0.421. The number of aromatic amines is 1. The van der Waals surface area contributed by atoms with Crippen molar-refractivity contribution in [3.8, 4) is 0 Å². The van der Waals surface area contributed by atoms with Crippen molar-refractivity contribution in [2.24, 2.45) is 0 Å². The lowest BCUT2D eigenvalue weighted by atomic mass is 9.97. The van der Waals surface area contributed by atoms with Crippen LogP contribution in [0.15, 0.2) is 28.2 Å². The van der Waals surface area contributed by atoms with Gasteiger partial charge in [0.25, 0.3) is 5.56 Å². The molecule has 0 fully saturated rings. The van der Waals surface area contributed by atoms with Crippen molar-refractivity contribution in [3.63, 3.8) is 0 Å². The number of hydrogen-bond acceptors (Lipinski definition) is 4. The third-order valence-corrected chi connectivity index (χ3v) is 5.36. The third kappa shape index (κ3) is 4.78. The molecule has 0 spiro atoms. The van der Waals surface area contributed by atoms with Crippen LogP contribution in [0.5, 0.6) is 0 Å². The highest BCUT2D eigenvalue weighted by Crippen LogP contribution is 2.20. The Bertz CT molecular complexity index is 867. The number of thioether (sulfide) groups is 1. The molecule has 0 atom stereocenters. The van der Waals surface area contributed by atoms with E-state index in [0.29, 0.717) is 17.3 Å². The number of hydrogen-bond donors (Lipinski definition) is 1. The van der Waals surface area contributed by atoms with Crippen molar-refractivity contribution < 1.29 is 13.6 Å². The zero-order valence-electron chi connectivity index (χ0n) is 14.3. The maximum atomic E-state index is 13.6. The third-order valence-electron chi connectivity index (χ3n) is 4.40. The molecule has 1 N–H and O–H groups in total. The number of nitrogens with one attached hydrogen (secondary N) is 1. The smallest absolute Gasteiger partial charge is 0.254 e. The Balaban J connectivity index is 1.48. The van der Waals surface area contributed by atoms with Gasteiger partial charge < -0.3 is 4.98 Å². The van der Waals surface area contributed by atoms with E-state index in [-0.39, 0.29) is 29.7 Å². The van der Waals surface area contributed by atoms with Crippen molar-refractivity contribution in [1.82, 2.24) is 9.97 Å². The van der Waals surface area contributed by atoms with Gasteiger partial charge >= 0.3 is 0 Å². The SMILES string of the molecule is O=C(CCCSc1nc2c(c(=O)[nH]1)CCCC2)Cc1cc(F)ccc1F. The maximum absolute atomic E-state index is 13.6. The van der Waals surface area contributed by atoms with Crippen LogP contribution < -0.4 is 5.56 Å². The first-order valence-corrected chi connectivity index (χ1v) is 9.72. The van der Waals surface area contributed by atoms with Gasteiger partial charge in [-0.05, 0) is 55.9 Å². The molecule has 0 radical (unpaired) electrons. The highest BCUT2D eigenvalue weighted by atomic mass is 32.2. The summed E-state index contributed by atoms with van der Waals surface area (Å²) < 4.78 is 26.7. The van der Waals surface area contributed by atoms with E-state index in [0.717, 1.165) is 55.1 Å². The lowest BCUT2D eigenvalue weighted by Gasteiger charge is -2.14. The lowest BCUT2D eigenvalue weighted by molar-refractivity contribution is -0.118. The first kappa shape index (κ1) is 18.8. The van der Waals surface area contributed by atoms with Gasteiger partial charge in [0.05, 0.1) is 5.69 Å². The number of aromatic nitrogens is 2. The number of halogens is 2. The van der Waals surface area contributed by atoms with Crippen LogP contribution in [0, 0.1) is 11.6 Å².